The molecule has 3 unspecified atom stereocenters. The van der Waals surface area contributed by atoms with Crippen molar-refractivity contribution in [2.24, 2.45) is 0 Å². The van der Waals surface area contributed by atoms with Crippen LogP contribution in [0, 0.1) is 6.92 Å². The van der Waals surface area contributed by atoms with Gasteiger partial charge in [-0.2, -0.15) is 0 Å². The van der Waals surface area contributed by atoms with E-state index in [0.717, 1.165) is 41.6 Å². The van der Waals surface area contributed by atoms with Crippen LogP contribution in [-0.2, 0) is 15.9 Å². The van der Waals surface area contributed by atoms with E-state index in [9.17, 15) is 13.6 Å². The molecule has 0 saturated heterocycles. The number of allylic oxidation sites excluding steroid dienone is 2. The number of aromatic nitrogens is 2. The third-order valence-corrected chi connectivity index (χ3v) is 10.4. The molecule has 1 aliphatic rings. The molecule has 0 fully saturated rings. The average Bonchev–Trinajstić information content (AvgIpc) is 3.59. The first-order valence-corrected chi connectivity index (χ1v) is 16.4. The molecule has 1 aliphatic carbocycles. The van der Waals surface area contributed by atoms with Crippen LogP contribution in [0.5, 0.6) is 0 Å². The van der Waals surface area contributed by atoms with E-state index < -0.39 is 16.5 Å². The van der Waals surface area contributed by atoms with Gasteiger partial charge in [-0.3, -0.25) is 4.79 Å². The fourth-order valence-corrected chi connectivity index (χ4v) is 7.63. The lowest BCUT2D eigenvalue weighted by Gasteiger charge is -2.15. The van der Waals surface area contributed by atoms with Crippen molar-refractivity contribution in [3.05, 3.63) is 84.0 Å². The molecule has 6 nitrogen and oxygen atoms in total. The predicted octanol–water partition coefficient (Wildman–Crippen LogP) is 8.80. The number of rotatable bonds is 5. The quantitative estimate of drug-likeness (QED) is 0.148. The van der Waals surface area contributed by atoms with Gasteiger partial charge >= 0.3 is 0 Å². The number of hydrogen-bond donors (Lipinski definition) is 2. The van der Waals surface area contributed by atoms with E-state index in [1.807, 2.05) is 75.4 Å². The number of amides is 1. The van der Waals surface area contributed by atoms with E-state index in [0.29, 0.717) is 21.7 Å². The Hall–Kier alpha value is -2.92. The van der Waals surface area contributed by atoms with Gasteiger partial charge in [0.05, 0.1) is 36.1 Å². The topological polar surface area (TPSA) is 92.2 Å². The van der Waals surface area contributed by atoms with Crippen molar-refractivity contribution in [2.75, 3.05) is 5.32 Å². The summed E-state index contributed by atoms with van der Waals surface area (Å²) < 4.78 is 23.4. The molecule has 11 heteroatoms. The smallest absolute Gasteiger partial charge is 0.255 e. The summed E-state index contributed by atoms with van der Waals surface area (Å²) in [6, 6.07) is 17.2. The number of carbonyl (C=O) groups excluding carboxylic acids is 1. The summed E-state index contributed by atoms with van der Waals surface area (Å²) in [5.74, 6) is -0.247. The highest BCUT2D eigenvalue weighted by atomic mass is 35.5. The molecule has 41 heavy (non-hydrogen) atoms. The summed E-state index contributed by atoms with van der Waals surface area (Å²) in [7, 11) is 0. The molecular formula is C30H25Cl2N3O3S3. The van der Waals surface area contributed by atoms with Gasteiger partial charge in [-0.15, -0.1) is 45.9 Å². The number of alkyl halides is 2. The lowest BCUT2D eigenvalue weighted by Crippen LogP contribution is -2.20. The number of carbonyl (C=O) groups is 1. The van der Waals surface area contributed by atoms with E-state index in [1.54, 1.807) is 29.6 Å². The summed E-state index contributed by atoms with van der Waals surface area (Å²) in [4.78, 5) is 22.5. The van der Waals surface area contributed by atoms with E-state index in [1.165, 1.54) is 11.3 Å². The molecule has 2 N–H and O–H groups in total. The van der Waals surface area contributed by atoms with Crippen LogP contribution < -0.4 is 5.32 Å². The SMILES string of the molecule is CC.Cc1ccc2nc(-c3ccc4nc(-c5ccc(NC(=O)C6=CC(Cl)C(Cl)C=C6)cc5)sc4c3)sc2c1S(=O)O. The van der Waals surface area contributed by atoms with Crippen molar-refractivity contribution in [1.29, 1.82) is 0 Å². The first-order chi connectivity index (χ1) is 19.8. The summed E-state index contributed by atoms with van der Waals surface area (Å²) in [5, 5.41) is 3.76. The van der Waals surface area contributed by atoms with Crippen LogP contribution >= 0.6 is 45.9 Å². The maximum absolute atomic E-state index is 12.6. The summed E-state index contributed by atoms with van der Waals surface area (Å²) in [6.07, 6.45) is 5.04. The maximum atomic E-state index is 12.6. The Bertz CT molecular complexity index is 1840. The Morgan fingerprint density at radius 1 is 0.927 bits per heavy atom. The molecule has 6 rings (SSSR count). The predicted molar refractivity (Wildman–Crippen MR) is 174 cm³/mol. The highest BCUT2D eigenvalue weighted by molar-refractivity contribution is 7.79. The molecule has 0 bridgehead atoms. The summed E-state index contributed by atoms with van der Waals surface area (Å²) >= 11 is 13.1. The zero-order valence-corrected chi connectivity index (χ0v) is 26.2. The number of hydrogen-bond acceptors (Lipinski definition) is 6. The van der Waals surface area contributed by atoms with Crippen molar-refractivity contribution in [1.82, 2.24) is 9.97 Å². The van der Waals surface area contributed by atoms with Crippen LogP contribution in [-0.4, -0.2) is 35.4 Å². The Labute approximate surface area is 258 Å². The van der Waals surface area contributed by atoms with Crippen molar-refractivity contribution < 1.29 is 13.6 Å². The highest BCUT2D eigenvalue weighted by Gasteiger charge is 2.20. The molecule has 210 valence electrons. The standard InChI is InChI=1S/C28H19Cl2N3O3S3.C2H6/c1-14-2-10-22-24(25(14)39(35)36)38-28(33-22)17-6-11-21-23(13-17)37-27(32-21)15-3-7-18(8-4-15)31-26(34)16-5-9-19(29)20(30)12-16;1-2/h2-13,19-20H,1H3,(H,31,34)(H,35,36);1-2H3. The molecule has 5 aromatic rings. The van der Waals surface area contributed by atoms with Gasteiger partial charge in [0, 0.05) is 22.4 Å². The molecule has 0 radical (unpaired) electrons. The van der Waals surface area contributed by atoms with Gasteiger partial charge in [-0.05, 0) is 61.0 Å². The molecule has 3 atom stereocenters. The van der Waals surface area contributed by atoms with Crippen LogP contribution in [0.25, 0.3) is 41.6 Å². The molecule has 3 aromatic carbocycles. The molecule has 0 aliphatic heterocycles. The van der Waals surface area contributed by atoms with Gasteiger partial charge in [-0.1, -0.05) is 38.1 Å². The minimum absolute atomic E-state index is 0.247. The van der Waals surface area contributed by atoms with Crippen LogP contribution in [0.2, 0.25) is 0 Å². The number of nitrogens with zero attached hydrogens (tertiary/aromatic N) is 2. The monoisotopic (exact) mass is 641 g/mol. The van der Waals surface area contributed by atoms with Crippen molar-refractivity contribution in [2.45, 2.75) is 36.4 Å². The minimum atomic E-state index is -2.08. The lowest BCUT2D eigenvalue weighted by molar-refractivity contribution is -0.112. The summed E-state index contributed by atoms with van der Waals surface area (Å²) in [6.45, 7) is 5.82. The second-order valence-electron chi connectivity index (χ2n) is 8.93. The summed E-state index contributed by atoms with van der Waals surface area (Å²) in [5.41, 5.74) is 5.34. The van der Waals surface area contributed by atoms with Crippen LogP contribution in [0.1, 0.15) is 19.4 Å². The Morgan fingerprint density at radius 2 is 1.59 bits per heavy atom. The van der Waals surface area contributed by atoms with Crippen LogP contribution in [0.4, 0.5) is 5.69 Å². The van der Waals surface area contributed by atoms with Gasteiger partial charge in [0.1, 0.15) is 10.0 Å². The zero-order chi connectivity index (χ0) is 29.3. The van der Waals surface area contributed by atoms with Gasteiger partial charge < -0.3 is 9.87 Å². The van der Waals surface area contributed by atoms with Crippen molar-refractivity contribution in [3.8, 4) is 21.1 Å². The second kappa shape index (κ2) is 12.5. The lowest BCUT2D eigenvalue weighted by atomic mass is 10.1. The Morgan fingerprint density at radius 3 is 2.29 bits per heavy atom. The maximum Gasteiger partial charge on any atom is 0.255 e. The van der Waals surface area contributed by atoms with Gasteiger partial charge in [0.2, 0.25) is 0 Å². The van der Waals surface area contributed by atoms with Gasteiger partial charge in [0.15, 0.2) is 11.1 Å². The first-order valence-electron chi connectivity index (χ1n) is 12.8. The fourth-order valence-electron chi connectivity index (χ4n) is 4.26. The number of nitrogens with one attached hydrogen (secondary N) is 1. The van der Waals surface area contributed by atoms with Crippen molar-refractivity contribution >= 4 is 89.0 Å². The number of anilines is 1. The number of benzene rings is 3. The van der Waals surface area contributed by atoms with Crippen molar-refractivity contribution in [3.63, 3.8) is 0 Å². The Balaban J connectivity index is 0.00000165. The zero-order valence-electron chi connectivity index (χ0n) is 22.2. The minimum Gasteiger partial charge on any atom is -0.322 e. The van der Waals surface area contributed by atoms with Gasteiger partial charge in [0.25, 0.3) is 5.91 Å². The molecule has 2 heterocycles. The highest BCUT2D eigenvalue weighted by Crippen LogP contribution is 2.38. The third-order valence-electron chi connectivity index (χ3n) is 6.27. The molecule has 0 saturated carbocycles. The normalized spacial score (nSPS) is 17.2. The molecule has 0 spiro atoms. The van der Waals surface area contributed by atoms with Gasteiger partial charge in [-0.25, -0.2) is 14.2 Å². The number of aryl methyl sites for hydroxylation is 1. The number of thiazole rings is 2. The Kier molecular flexibility index (Phi) is 9.03. The average molecular weight is 643 g/mol. The largest absolute Gasteiger partial charge is 0.322 e. The van der Waals surface area contributed by atoms with E-state index in [2.05, 4.69) is 5.32 Å². The first kappa shape index (κ1) is 29.6. The number of halogens is 2. The van der Waals surface area contributed by atoms with Crippen LogP contribution in [0.3, 0.4) is 0 Å². The second-order valence-corrected chi connectivity index (χ2v) is 12.9. The molecule has 2 aromatic heterocycles. The van der Waals surface area contributed by atoms with Crippen LogP contribution in [0.15, 0.2) is 83.3 Å². The molecule has 1 amide bonds. The van der Waals surface area contributed by atoms with E-state index in [-0.39, 0.29) is 11.3 Å². The van der Waals surface area contributed by atoms with E-state index in [4.69, 9.17) is 33.2 Å². The fraction of sp³-hybridized carbons (Fsp3) is 0.167. The van der Waals surface area contributed by atoms with E-state index >= 15 is 0 Å². The number of fused-ring (bicyclic) bond motifs is 2. The third kappa shape index (κ3) is 6.16. The molecular weight excluding hydrogens is 617 g/mol.